The van der Waals surface area contributed by atoms with Gasteiger partial charge in [0.05, 0.1) is 6.54 Å². The van der Waals surface area contributed by atoms with Crippen molar-refractivity contribution in [1.82, 2.24) is 15.1 Å². The van der Waals surface area contributed by atoms with E-state index in [1.165, 1.54) is 5.56 Å². The Morgan fingerprint density at radius 3 is 2.22 bits per heavy atom. The molecule has 1 aliphatic rings. The molecule has 1 heterocycles. The summed E-state index contributed by atoms with van der Waals surface area (Å²) >= 11 is 0. The van der Waals surface area contributed by atoms with Crippen molar-refractivity contribution >= 4 is 11.8 Å². The average Bonchev–Trinajstić information content (AvgIpc) is 2.54. The predicted molar refractivity (Wildman–Crippen MR) is 91.4 cm³/mol. The Hall–Kier alpha value is -1.88. The molecule has 0 bridgehead atoms. The summed E-state index contributed by atoms with van der Waals surface area (Å²) in [5, 5.41) is 2.90. The fourth-order valence-electron chi connectivity index (χ4n) is 2.75. The zero-order valence-corrected chi connectivity index (χ0v) is 14.3. The van der Waals surface area contributed by atoms with Crippen LogP contribution in [0.2, 0.25) is 0 Å². The van der Waals surface area contributed by atoms with Gasteiger partial charge in [-0.2, -0.15) is 0 Å². The Labute approximate surface area is 138 Å². The maximum absolute atomic E-state index is 12.5. The molecule has 1 saturated heterocycles. The monoisotopic (exact) mass is 317 g/mol. The highest BCUT2D eigenvalue weighted by Gasteiger charge is 2.23. The molecule has 5 nitrogen and oxygen atoms in total. The van der Waals surface area contributed by atoms with Crippen LogP contribution in [0.15, 0.2) is 24.3 Å². The Morgan fingerprint density at radius 1 is 1.09 bits per heavy atom. The molecule has 0 radical (unpaired) electrons. The first-order chi connectivity index (χ1) is 11.0. The van der Waals surface area contributed by atoms with Crippen LogP contribution in [0.25, 0.3) is 0 Å². The molecule has 0 aliphatic carbocycles. The van der Waals surface area contributed by atoms with Gasteiger partial charge in [-0.1, -0.05) is 19.1 Å². The molecule has 0 aromatic heterocycles. The fourth-order valence-corrected chi connectivity index (χ4v) is 2.75. The van der Waals surface area contributed by atoms with Gasteiger partial charge in [-0.25, -0.2) is 0 Å². The summed E-state index contributed by atoms with van der Waals surface area (Å²) < 4.78 is 0. The lowest BCUT2D eigenvalue weighted by molar-refractivity contribution is -0.123. The first kappa shape index (κ1) is 17.5. The van der Waals surface area contributed by atoms with Gasteiger partial charge in [0, 0.05) is 37.8 Å². The van der Waals surface area contributed by atoms with E-state index in [1.54, 1.807) is 0 Å². The highest BCUT2D eigenvalue weighted by molar-refractivity contribution is 5.94. The van der Waals surface area contributed by atoms with Crippen LogP contribution in [0, 0.1) is 0 Å². The van der Waals surface area contributed by atoms with Crippen molar-refractivity contribution in [3.05, 3.63) is 35.4 Å². The van der Waals surface area contributed by atoms with Crippen LogP contribution in [-0.2, 0) is 11.2 Å². The standard InChI is InChI=1S/C18H27N3O2/c1-4-15-5-7-16(8-6-15)18(23)21-11-9-20(10-12-21)13-17(22)19-14(2)3/h5-8,14H,4,9-13H2,1-3H3,(H,19,22). The van der Waals surface area contributed by atoms with Crippen LogP contribution in [-0.4, -0.2) is 60.4 Å². The Balaban J connectivity index is 1.83. The number of nitrogens with one attached hydrogen (secondary N) is 1. The maximum Gasteiger partial charge on any atom is 0.253 e. The van der Waals surface area contributed by atoms with Crippen LogP contribution in [0.5, 0.6) is 0 Å². The number of hydrogen-bond donors (Lipinski definition) is 1. The Morgan fingerprint density at radius 2 is 1.70 bits per heavy atom. The summed E-state index contributed by atoms with van der Waals surface area (Å²) in [6.07, 6.45) is 0.978. The molecule has 0 atom stereocenters. The Bertz CT molecular complexity index is 532. The third-order valence-corrected chi connectivity index (χ3v) is 4.09. The minimum Gasteiger partial charge on any atom is -0.353 e. The van der Waals surface area contributed by atoms with Crippen molar-refractivity contribution in [2.45, 2.75) is 33.2 Å². The molecule has 5 heteroatoms. The van der Waals surface area contributed by atoms with E-state index in [1.807, 2.05) is 43.0 Å². The van der Waals surface area contributed by atoms with Gasteiger partial charge in [0.2, 0.25) is 5.91 Å². The number of hydrogen-bond acceptors (Lipinski definition) is 3. The molecular formula is C18H27N3O2. The minimum absolute atomic E-state index is 0.0509. The second kappa shape index (κ2) is 8.11. The van der Waals surface area contributed by atoms with Crippen LogP contribution in [0.4, 0.5) is 0 Å². The van der Waals surface area contributed by atoms with Gasteiger partial charge in [-0.15, -0.1) is 0 Å². The van der Waals surface area contributed by atoms with Crippen LogP contribution in [0.1, 0.15) is 36.7 Å². The van der Waals surface area contributed by atoms with E-state index in [2.05, 4.69) is 17.1 Å². The van der Waals surface area contributed by atoms with Gasteiger partial charge in [-0.3, -0.25) is 14.5 Å². The van der Waals surface area contributed by atoms with E-state index >= 15 is 0 Å². The van der Waals surface area contributed by atoms with Crippen LogP contribution >= 0.6 is 0 Å². The smallest absolute Gasteiger partial charge is 0.253 e. The maximum atomic E-state index is 12.5. The lowest BCUT2D eigenvalue weighted by Gasteiger charge is -2.34. The third-order valence-electron chi connectivity index (χ3n) is 4.09. The zero-order valence-electron chi connectivity index (χ0n) is 14.3. The normalized spacial score (nSPS) is 15.7. The van der Waals surface area contributed by atoms with Gasteiger partial charge in [-0.05, 0) is 38.0 Å². The molecule has 126 valence electrons. The SMILES string of the molecule is CCc1ccc(C(=O)N2CCN(CC(=O)NC(C)C)CC2)cc1. The molecule has 1 N–H and O–H groups in total. The van der Waals surface area contributed by atoms with Crippen molar-refractivity contribution in [3.63, 3.8) is 0 Å². The molecule has 23 heavy (non-hydrogen) atoms. The second-order valence-corrected chi connectivity index (χ2v) is 6.34. The summed E-state index contributed by atoms with van der Waals surface area (Å²) in [4.78, 5) is 28.3. The van der Waals surface area contributed by atoms with Gasteiger partial charge in [0.1, 0.15) is 0 Å². The predicted octanol–water partition coefficient (Wildman–Crippen LogP) is 1.53. The van der Waals surface area contributed by atoms with Crippen molar-refractivity contribution in [3.8, 4) is 0 Å². The average molecular weight is 317 g/mol. The number of amides is 2. The lowest BCUT2D eigenvalue weighted by Crippen LogP contribution is -2.51. The number of aryl methyl sites for hydroxylation is 1. The number of rotatable bonds is 5. The quantitative estimate of drug-likeness (QED) is 0.896. The number of piperazine rings is 1. The van der Waals surface area contributed by atoms with E-state index in [0.29, 0.717) is 19.6 Å². The molecule has 2 rings (SSSR count). The minimum atomic E-state index is 0.0509. The molecule has 1 fully saturated rings. The summed E-state index contributed by atoms with van der Waals surface area (Å²) in [6.45, 7) is 9.24. The number of carbonyl (C=O) groups is 2. The molecule has 1 aromatic carbocycles. The molecule has 0 unspecified atom stereocenters. The molecule has 2 amide bonds. The van der Waals surface area contributed by atoms with Crippen molar-refractivity contribution in [2.75, 3.05) is 32.7 Å². The highest BCUT2D eigenvalue weighted by atomic mass is 16.2. The van der Waals surface area contributed by atoms with E-state index < -0.39 is 0 Å². The zero-order chi connectivity index (χ0) is 16.8. The van der Waals surface area contributed by atoms with Gasteiger partial charge in [0.25, 0.3) is 5.91 Å². The van der Waals surface area contributed by atoms with Crippen LogP contribution in [0.3, 0.4) is 0 Å². The van der Waals surface area contributed by atoms with Crippen molar-refractivity contribution in [1.29, 1.82) is 0 Å². The highest BCUT2D eigenvalue weighted by Crippen LogP contribution is 2.11. The topological polar surface area (TPSA) is 52.7 Å². The van der Waals surface area contributed by atoms with Crippen LogP contribution < -0.4 is 5.32 Å². The van der Waals surface area contributed by atoms with Crippen molar-refractivity contribution in [2.24, 2.45) is 0 Å². The summed E-state index contributed by atoms with van der Waals surface area (Å²) in [6, 6.07) is 8.00. The van der Waals surface area contributed by atoms with Gasteiger partial charge >= 0.3 is 0 Å². The molecule has 1 aromatic rings. The fraction of sp³-hybridized carbons (Fsp3) is 0.556. The summed E-state index contributed by atoms with van der Waals surface area (Å²) in [7, 11) is 0. The lowest BCUT2D eigenvalue weighted by atomic mass is 10.1. The Kier molecular flexibility index (Phi) is 6.16. The number of carbonyl (C=O) groups excluding carboxylic acids is 2. The molecule has 0 spiro atoms. The molecule has 1 aliphatic heterocycles. The summed E-state index contributed by atoms with van der Waals surface area (Å²) in [5.74, 6) is 0.133. The van der Waals surface area contributed by atoms with Gasteiger partial charge < -0.3 is 10.2 Å². The van der Waals surface area contributed by atoms with E-state index in [9.17, 15) is 9.59 Å². The third kappa shape index (κ3) is 5.06. The van der Waals surface area contributed by atoms with Gasteiger partial charge in [0.15, 0.2) is 0 Å². The largest absolute Gasteiger partial charge is 0.353 e. The first-order valence-electron chi connectivity index (χ1n) is 8.39. The molecule has 0 saturated carbocycles. The number of nitrogens with zero attached hydrogens (tertiary/aromatic N) is 2. The van der Waals surface area contributed by atoms with E-state index in [4.69, 9.17) is 0 Å². The summed E-state index contributed by atoms with van der Waals surface area (Å²) in [5.41, 5.74) is 1.98. The van der Waals surface area contributed by atoms with E-state index in [-0.39, 0.29) is 17.9 Å². The van der Waals surface area contributed by atoms with Crippen molar-refractivity contribution < 1.29 is 9.59 Å². The second-order valence-electron chi connectivity index (χ2n) is 6.34. The molecular weight excluding hydrogens is 290 g/mol. The van der Waals surface area contributed by atoms with E-state index in [0.717, 1.165) is 25.1 Å². The number of benzene rings is 1. The first-order valence-corrected chi connectivity index (χ1v) is 8.39.